The van der Waals surface area contributed by atoms with E-state index in [9.17, 15) is 24.1 Å². The summed E-state index contributed by atoms with van der Waals surface area (Å²) in [5.74, 6) is -2.42. The van der Waals surface area contributed by atoms with E-state index in [0.29, 0.717) is 5.56 Å². The van der Waals surface area contributed by atoms with Crippen LogP contribution in [0.2, 0.25) is 0 Å². The number of nitrogens with zero attached hydrogens (tertiary/aromatic N) is 1. The number of carboxylic acid groups (broad SMARTS) is 1. The molecule has 25 heavy (non-hydrogen) atoms. The molecule has 1 aromatic carbocycles. The summed E-state index contributed by atoms with van der Waals surface area (Å²) >= 11 is 0. The molecule has 0 radical (unpaired) electrons. The van der Waals surface area contributed by atoms with Crippen LogP contribution in [0.4, 0.5) is 20.6 Å². The smallest absolute Gasteiger partial charge is 0.408 e. The highest BCUT2D eigenvalue weighted by Crippen LogP contribution is 2.29. The van der Waals surface area contributed by atoms with Gasteiger partial charge in [0.15, 0.2) is 0 Å². The number of carbonyl (C=O) groups is 2. The van der Waals surface area contributed by atoms with E-state index < -0.39 is 46.7 Å². The van der Waals surface area contributed by atoms with Crippen LogP contribution < -0.4 is 10.6 Å². The number of nitro groups is 1. The molecule has 1 rings (SSSR count). The van der Waals surface area contributed by atoms with Crippen LogP contribution in [0.25, 0.3) is 0 Å². The van der Waals surface area contributed by atoms with Gasteiger partial charge in [-0.3, -0.25) is 10.1 Å². The van der Waals surface area contributed by atoms with Crippen LogP contribution in [0.1, 0.15) is 26.3 Å². The molecule has 9 nitrogen and oxygen atoms in total. The SMILES string of the molecule is Cc1cc(F)c([N+](=O)[O-])c(NCC(NC(=O)OC(C)(C)C)C(=O)O)c1. The summed E-state index contributed by atoms with van der Waals surface area (Å²) in [4.78, 5) is 33.0. The molecular formula is C15H20FN3O6. The molecule has 138 valence electrons. The highest BCUT2D eigenvalue weighted by atomic mass is 19.1. The third-order valence-electron chi connectivity index (χ3n) is 2.88. The van der Waals surface area contributed by atoms with Crippen LogP contribution in [-0.2, 0) is 9.53 Å². The van der Waals surface area contributed by atoms with E-state index >= 15 is 0 Å². The van der Waals surface area contributed by atoms with E-state index in [0.717, 1.165) is 6.07 Å². The number of halogens is 1. The maximum absolute atomic E-state index is 13.8. The molecule has 0 fully saturated rings. The average Bonchev–Trinajstić information content (AvgIpc) is 2.39. The third kappa shape index (κ3) is 6.24. The highest BCUT2D eigenvalue weighted by Gasteiger charge is 2.26. The molecular weight excluding hydrogens is 337 g/mol. The van der Waals surface area contributed by atoms with Crippen LogP contribution in [0, 0.1) is 22.9 Å². The van der Waals surface area contributed by atoms with E-state index in [1.54, 1.807) is 20.8 Å². The van der Waals surface area contributed by atoms with Crippen LogP contribution >= 0.6 is 0 Å². The molecule has 0 aliphatic rings. The minimum atomic E-state index is -1.43. The zero-order valence-corrected chi connectivity index (χ0v) is 14.3. The van der Waals surface area contributed by atoms with Gasteiger partial charge in [0.05, 0.1) is 4.92 Å². The fourth-order valence-corrected chi connectivity index (χ4v) is 1.92. The van der Waals surface area contributed by atoms with Crippen LogP contribution in [0.5, 0.6) is 0 Å². The van der Waals surface area contributed by atoms with Gasteiger partial charge in [0.25, 0.3) is 0 Å². The largest absolute Gasteiger partial charge is 0.480 e. The van der Waals surface area contributed by atoms with Crippen molar-refractivity contribution in [2.24, 2.45) is 0 Å². The van der Waals surface area contributed by atoms with Crippen molar-refractivity contribution in [1.82, 2.24) is 5.32 Å². The summed E-state index contributed by atoms with van der Waals surface area (Å²) in [6.07, 6.45) is -0.952. The Hall–Kier alpha value is -2.91. The fraction of sp³-hybridized carbons (Fsp3) is 0.467. The van der Waals surface area contributed by atoms with Crippen molar-refractivity contribution in [2.45, 2.75) is 39.3 Å². The summed E-state index contributed by atoms with van der Waals surface area (Å²) in [5, 5.41) is 24.8. The van der Waals surface area contributed by atoms with Crippen molar-refractivity contribution in [3.05, 3.63) is 33.6 Å². The normalized spacial score (nSPS) is 12.2. The quantitative estimate of drug-likeness (QED) is 0.526. The Morgan fingerprint density at radius 3 is 2.48 bits per heavy atom. The number of nitro benzene ring substituents is 1. The lowest BCUT2D eigenvalue weighted by atomic mass is 10.1. The van der Waals surface area contributed by atoms with Crippen molar-refractivity contribution < 1.29 is 28.7 Å². The maximum atomic E-state index is 13.8. The number of rotatable bonds is 6. The lowest BCUT2D eigenvalue weighted by molar-refractivity contribution is -0.386. The summed E-state index contributed by atoms with van der Waals surface area (Å²) in [5.41, 5.74) is -1.39. The van der Waals surface area contributed by atoms with Crippen molar-refractivity contribution in [3.8, 4) is 0 Å². The summed E-state index contributed by atoms with van der Waals surface area (Å²) in [6.45, 7) is 5.96. The Bertz CT molecular complexity index is 687. The van der Waals surface area contributed by atoms with Crippen molar-refractivity contribution in [2.75, 3.05) is 11.9 Å². The van der Waals surface area contributed by atoms with E-state index in [1.165, 1.54) is 13.0 Å². The highest BCUT2D eigenvalue weighted by molar-refractivity contribution is 5.81. The second kappa shape index (κ2) is 7.77. The molecule has 0 spiro atoms. The first-order valence-electron chi connectivity index (χ1n) is 7.31. The second-order valence-electron chi connectivity index (χ2n) is 6.32. The molecule has 1 aromatic rings. The first-order valence-corrected chi connectivity index (χ1v) is 7.31. The molecule has 0 aliphatic carbocycles. The molecule has 1 atom stereocenters. The molecule has 3 N–H and O–H groups in total. The van der Waals surface area contributed by atoms with Gasteiger partial charge in [0.2, 0.25) is 5.82 Å². The number of aryl methyl sites for hydroxylation is 1. The minimum absolute atomic E-state index is 0.181. The lowest BCUT2D eigenvalue weighted by Crippen LogP contribution is -2.47. The molecule has 1 amide bonds. The van der Waals surface area contributed by atoms with Gasteiger partial charge < -0.3 is 20.5 Å². The number of amides is 1. The third-order valence-corrected chi connectivity index (χ3v) is 2.88. The number of ether oxygens (including phenoxy) is 1. The molecule has 0 aliphatic heterocycles. The molecule has 0 bridgehead atoms. The van der Waals surface area contributed by atoms with Gasteiger partial charge in [-0.05, 0) is 45.4 Å². The molecule has 0 heterocycles. The Kier molecular flexibility index (Phi) is 6.26. The molecule has 0 saturated heterocycles. The fourth-order valence-electron chi connectivity index (χ4n) is 1.92. The predicted octanol–water partition coefficient (Wildman–Crippen LogP) is 2.43. The van der Waals surface area contributed by atoms with Crippen molar-refractivity contribution >= 4 is 23.4 Å². The van der Waals surface area contributed by atoms with Gasteiger partial charge in [-0.1, -0.05) is 0 Å². The predicted molar refractivity (Wildman–Crippen MR) is 87.1 cm³/mol. The monoisotopic (exact) mass is 357 g/mol. The van der Waals surface area contributed by atoms with Gasteiger partial charge in [-0.2, -0.15) is 4.39 Å². The molecule has 10 heteroatoms. The van der Waals surface area contributed by atoms with Crippen molar-refractivity contribution in [3.63, 3.8) is 0 Å². The molecule has 1 unspecified atom stereocenters. The van der Waals surface area contributed by atoms with Gasteiger partial charge in [-0.15, -0.1) is 0 Å². The van der Waals surface area contributed by atoms with Crippen LogP contribution in [0.15, 0.2) is 12.1 Å². The maximum Gasteiger partial charge on any atom is 0.408 e. The summed E-state index contributed by atoms with van der Waals surface area (Å²) in [6, 6.07) is 0.878. The Labute approximate surface area is 143 Å². The summed E-state index contributed by atoms with van der Waals surface area (Å²) in [7, 11) is 0. The number of aliphatic carboxylic acids is 1. The number of anilines is 1. The number of hydrogen-bond donors (Lipinski definition) is 3. The number of benzene rings is 1. The van der Waals surface area contributed by atoms with E-state index in [1.807, 2.05) is 0 Å². The number of carboxylic acids is 1. The van der Waals surface area contributed by atoms with Gasteiger partial charge >= 0.3 is 17.7 Å². The average molecular weight is 357 g/mol. The minimum Gasteiger partial charge on any atom is -0.480 e. The standard InChI is InChI=1S/C15H20FN3O6/c1-8-5-9(16)12(19(23)24)10(6-8)17-7-11(13(20)21)18-14(22)25-15(2,3)4/h5-6,11,17H,7H2,1-4H3,(H,18,22)(H,20,21). The second-order valence-corrected chi connectivity index (χ2v) is 6.32. The number of nitrogens with one attached hydrogen (secondary N) is 2. The van der Waals surface area contributed by atoms with Gasteiger partial charge in [0.1, 0.15) is 17.3 Å². The van der Waals surface area contributed by atoms with Crippen molar-refractivity contribution in [1.29, 1.82) is 0 Å². The molecule has 0 aromatic heterocycles. The molecule has 0 saturated carbocycles. The van der Waals surface area contributed by atoms with E-state index in [-0.39, 0.29) is 5.69 Å². The Morgan fingerprint density at radius 2 is 2.00 bits per heavy atom. The lowest BCUT2D eigenvalue weighted by Gasteiger charge is -2.22. The summed E-state index contributed by atoms with van der Waals surface area (Å²) < 4.78 is 18.7. The van der Waals surface area contributed by atoms with Crippen LogP contribution in [-0.4, -0.2) is 40.3 Å². The Balaban J connectivity index is 2.91. The first kappa shape index (κ1) is 20.1. The zero-order chi connectivity index (χ0) is 19.4. The number of hydrogen-bond acceptors (Lipinski definition) is 6. The zero-order valence-electron chi connectivity index (χ0n) is 14.3. The van der Waals surface area contributed by atoms with Gasteiger partial charge in [-0.25, -0.2) is 9.59 Å². The van der Waals surface area contributed by atoms with Gasteiger partial charge in [0, 0.05) is 6.54 Å². The topological polar surface area (TPSA) is 131 Å². The van der Waals surface area contributed by atoms with Crippen LogP contribution in [0.3, 0.4) is 0 Å². The number of alkyl carbamates (subject to hydrolysis) is 1. The van der Waals surface area contributed by atoms with E-state index in [4.69, 9.17) is 9.84 Å². The first-order chi connectivity index (χ1) is 11.4. The Morgan fingerprint density at radius 1 is 1.40 bits per heavy atom. The van der Waals surface area contributed by atoms with E-state index in [2.05, 4.69) is 10.6 Å². The number of carbonyl (C=O) groups excluding carboxylic acids is 1.